The Morgan fingerprint density at radius 3 is 2.78 bits per heavy atom. The molecule has 1 aliphatic heterocycles. The molecule has 1 N–H and O–H groups in total. The molecule has 7 nitrogen and oxygen atoms in total. The Morgan fingerprint density at radius 2 is 2.19 bits per heavy atom. The maximum atomic E-state index is 12.5. The fourth-order valence-electron chi connectivity index (χ4n) is 3.22. The normalized spacial score (nSPS) is 18.6. The standard InChI is InChI=1S/C19H20ClN3O4/c1-19(11-21,12-4-5-12)22-16(24)10-27-18(26)14-7-6-13(20)9-15(14)23-8-2-3-17(23)25/h6-7,9,12H,2-5,8,10H2,1H3,(H,22,24)/t19-/m0/s1. The Labute approximate surface area is 162 Å². The molecule has 1 saturated carbocycles. The zero-order valence-corrected chi connectivity index (χ0v) is 15.7. The fourth-order valence-corrected chi connectivity index (χ4v) is 3.39. The lowest BCUT2D eigenvalue weighted by molar-refractivity contribution is -0.125. The van der Waals surface area contributed by atoms with Crippen LogP contribution >= 0.6 is 11.6 Å². The van der Waals surface area contributed by atoms with Crippen molar-refractivity contribution < 1.29 is 19.1 Å². The summed E-state index contributed by atoms with van der Waals surface area (Å²) >= 11 is 6.01. The molecule has 0 unspecified atom stereocenters. The van der Waals surface area contributed by atoms with Crippen LogP contribution in [0.3, 0.4) is 0 Å². The number of nitrogens with zero attached hydrogens (tertiary/aromatic N) is 2. The molecule has 2 amide bonds. The van der Waals surface area contributed by atoms with E-state index in [0.29, 0.717) is 30.1 Å². The molecule has 142 valence electrons. The molecule has 8 heteroatoms. The van der Waals surface area contributed by atoms with Crippen LogP contribution in [0.2, 0.25) is 5.02 Å². The Hall–Kier alpha value is -2.59. The van der Waals surface area contributed by atoms with E-state index in [0.717, 1.165) is 12.8 Å². The van der Waals surface area contributed by atoms with Gasteiger partial charge in [-0.3, -0.25) is 9.59 Å². The minimum atomic E-state index is -0.948. The topological polar surface area (TPSA) is 99.5 Å². The summed E-state index contributed by atoms with van der Waals surface area (Å²) in [6, 6.07) is 6.67. The van der Waals surface area contributed by atoms with Crippen LogP contribution in [0.1, 0.15) is 43.0 Å². The van der Waals surface area contributed by atoms with Gasteiger partial charge >= 0.3 is 5.97 Å². The van der Waals surface area contributed by atoms with E-state index in [1.807, 2.05) is 0 Å². The van der Waals surface area contributed by atoms with E-state index in [1.54, 1.807) is 13.0 Å². The summed E-state index contributed by atoms with van der Waals surface area (Å²) in [5.41, 5.74) is -0.389. The highest BCUT2D eigenvalue weighted by atomic mass is 35.5. The van der Waals surface area contributed by atoms with Crippen molar-refractivity contribution >= 4 is 35.1 Å². The molecule has 1 aliphatic carbocycles. The fraction of sp³-hybridized carbons (Fsp3) is 0.474. The van der Waals surface area contributed by atoms with E-state index in [-0.39, 0.29) is 17.4 Å². The van der Waals surface area contributed by atoms with E-state index in [1.165, 1.54) is 17.0 Å². The number of amides is 2. The Balaban J connectivity index is 1.67. The highest BCUT2D eigenvalue weighted by Crippen LogP contribution is 2.39. The molecule has 0 bridgehead atoms. The summed E-state index contributed by atoms with van der Waals surface area (Å²) in [7, 11) is 0. The Morgan fingerprint density at radius 1 is 1.44 bits per heavy atom. The van der Waals surface area contributed by atoms with Gasteiger partial charge in [-0.15, -0.1) is 0 Å². The first kappa shape index (κ1) is 19.2. The summed E-state index contributed by atoms with van der Waals surface area (Å²) in [4.78, 5) is 38.1. The average Bonchev–Trinajstić information content (AvgIpc) is 3.42. The van der Waals surface area contributed by atoms with E-state index in [2.05, 4.69) is 11.4 Å². The third kappa shape index (κ3) is 4.22. The summed E-state index contributed by atoms with van der Waals surface area (Å²) < 4.78 is 5.11. The van der Waals surface area contributed by atoms with Gasteiger partial charge in [0.05, 0.1) is 17.3 Å². The van der Waals surface area contributed by atoms with Crippen molar-refractivity contribution in [3.8, 4) is 6.07 Å². The molecule has 27 heavy (non-hydrogen) atoms. The number of hydrogen-bond acceptors (Lipinski definition) is 5. The van der Waals surface area contributed by atoms with Gasteiger partial charge in [0.15, 0.2) is 6.61 Å². The molecule has 2 aliphatic rings. The van der Waals surface area contributed by atoms with Crippen LogP contribution in [-0.4, -0.2) is 36.5 Å². The van der Waals surface area contributed by atoms with Crippen molar-refractivity contribution in [2.24, 2.45) is 5.92 Å². The first-order valence-electron chi connectivity index (χ1n) is 8.83. The minimum Gasteiger partial charge on any atom is -0.452 e. The largest absolute Gasteiger partial charge is 0.452 e. The second kappa shape index (κ2) is 7.57. The number of esters is 1. The molecule has 3 rings (SSSR count). The Kier molecular flexibility index (Phi) is 5.38. The van der Waals surface area contributed by atoms with Crippen LogP contribution in [0.5, 0.6) is 0 Å². The van der Waals surface area contributed by atoms with E-state index in [9.17, 15) is 19.6 Å². The molecule has 1 aromatic rings. The molecular formula is C19H20ClN3O4. The zero-order valence-electron chi connectivity index (χ0n) is 15.0. The van der Waals surface area contributed by atoms with Crippen LogP contribution in [-0.2, 0) is 14.3 Å². The molecule has 2 fully saturated rings. The number of nitriles is 1. The summed E-state index contributed by atoms with van der Waals surface area (Å²) in [6.07, 6.45) is 2.90. The second-order valence-electron chi connectivity index (χ2n) is 7.02. The van der Waals surface area contributed by atoms with E-state index in [4.69, 9.17) is 16.3 Å². The van der Waals surface area contributed by atoms with Gasteiger partial charge in [-0.25, -0.2) is 4.79 Å². The van der Waals surface area contributed by atoms with Crippen LogP contribution in [0.25, 0.3) is 0 Å². The molecule has 0 aromatic heterocycles. The number of hydrogen-bond donors (Lipinski definition) is 1. The van der Waals surface area contributed by atoms with Gasteiger partial charge in [0.2, 0.25) is 5.91 Å². The molecular weight excluding hydrogens is 370 g/mol. The van der Waals surface area contributed by atoms with E-state index < -0.39 is 24.0 Å². The average molecular weight is 390 g/mol. The predicted molar refractivity (Wildman–Crippen MR) is 98.2 cm³/mol. The maximum absolute atomic E-state index is 12.5. The quantitative estimate of drug-likeness (QED) is 0.753. The molecule has 1 heterocycles. The molecule has 0 spiro atoms. The van der Waals surface area contributed by atoms with Crippen LogP contribution in [0.15, 0.2) is 18.2 Å². The van der Waals surface area contributed by atoms with Crippen molar-refractivity contribution in [2.45, 2.75) is 38.1 Å². The highest BCUT2D eigenvalue weighted by Gasteiger charge is 2.43. The van der Waals surface area contributed by atoms with E-state index >= 15 is 0 Å². The number of carbonyl (C=O) groups excluding carboxylic acids is 3. The number of anilines is 1. The van der Waals surface area contributed by atoms with Crippen LogP contribution < -0.4 is 10.2 Å². The first-order chi connectivity index (χ1) is 12.8. The van der Waals surface area contributed by atoms with Gasteiger partial charge in [0.1, 0.15) is 5.54 Å². The Bertz CT molecular complexity index is 831. The predicted octanol–water partition coefficient (Wildman–Crippen LogP) is 2.43. The third-order valence-electron chi connectivity index (χ3n) is 4.90. The number of carbonyl (C=O) groups is 3. The van der Waals surface area contributed by atoms with Gasteiger partial charge in [0, 0.05) is 18.0 Å². The molecule has 1 atom stereocenters. The lowest BCUT2D eigenvalue weighted by Crippen LogP contribution is -2.48. The second-order valence-corrected chi connectivity index (χ2v) is 7.46. The monoisotopic (exact) mass is 389 g/mol. The van der Waals surface area contributed by atoms with Gasteiger partial charge in [0.25, 0.3) is 5.91 Å². The number of ether oxygens (including phenoxy) is 1. The smallest absolute Gasteiger partial charge is 0.340 e. The van der Waals surface area contributed by atoms with Gasteiger partial charge < -0.3 is 15.0 Å². The summed E-state index contributed by atoms with van der Waals surface area (Å²) in [6.45, 7) is 1.67. The van der Waals surface area contributed by atoms with Gasteiger partial charge in [-0.05, 0) is 50.3 Å². The summed E-state index contributed by atoms with van der Waals surface area (Å²) in [5.74, 6) is -1.21. The van der Waals surface area contributed by atoms with Crippen molar-refractivity contribution in [1.29, 1.82) is 5.26 Å². The van der Waals surface area contributed by atoms with Crippen molar-refractivity contribution in [3.05, 3.63) is 28.8 Å². The van der Waals surface area contributed by atoms with Crippen LogP contribution in [0, 0.1) is 17.2 Å². The maximum Gasteiger partial charge on any atom is 0.340 e. The minimum absolute atomic E-state index is 0.0849. The van der Waals surface area contributed by atoms with Crippen LogP contribution in [0.4, 0.5) is 5.69 Å². The molecule has 1 saturated heterocycles. The van der Waals surface area contributed by atoms with Gasteiger partial charge in [-0.1, -0.05) is 11.6 Å². The molecule has 0 radical (unpaired) electrons. The van der Waals surface area contributed by atoms with Crippen molar-refractivity contribution in [1.82, 2.24) is 5.32 Å². The highest BCUT2D eigenvalue weighted by molar-refractivity contribution is 6.31. The van der Waals surface area contributed by atoms with Crippen molar-refractivity contribution in [3.63, 3.8) is 0 Å². The number of nitrogens with one attached hydrogen (secondary N) is 1. The number of rotatable bonds is 6. The number of halogens is 1. The lowest BCUT2D eigenvalue weighted by Gasteiger charge is -2.23. The van der Waals surface area contributed by atoms with Crippen molar-refractivity contribution in [2.75, 3.05) is 18.1 Å². The lowest BCUT2D eigenvalue weighted by atomic mass is 9.98. The number of benzene rings is 1. The third-order valence-corrected chi connectivity index (χ3v) is 5.14. The first-order valence-corrected chi connectivity index (χ1v) is 9.21. The molecule has 1 aromatic carbocycles. The SMILES string of the molecule is C[C@@](C#N)(NC(=O)COC(=O)c1ccc(Cl)cc1N1CCCC1=O)C1CC1. The van der Waals surface area contributed by atoms with Gasteiger partial charge in [-0.2, -0.15) is 5.26 Å². The zero-order chi connectivity index (χ0) is 19.6. The summed E-state index contributed by atoms with van der Waals surface area (Å²) in [5, 5.41) is 12.3.